The molecule has 1 fully saturated rings. The molecule has 2 atom stereocenters. The molecule has 0 bridgehead atoms. The largest absolute Gasteiger partial charge is 0.385 e. The van der Waals surface area contributed by atoms with Gasteiger partial charge in [-0.25, -0.2) is 0 Å². The van der Waals surface area contributed by atoms with E-state index in [1.54, 1.807) is 7.11 Å². The third-order valence-corrected chi connectivity index (χ3v) is 4.44. The normalized spacial score (nSPS) is 31.2. The Balaban J connectivity index is 1.79. The molecule has 0 radical (unpaired) electrons. The van der Waals surface area contributed by atoms with E-state index in [1.807, 2.05) is 11.8 Å². The Morgan fingerprint density at radius 3 is 3.11 bits per heavy atom. The minimum absolute atomic E-state index is 0.00476. The molecular formula is C13H24N2O2S. The van der Waals surface area contributed by atoms with Gasteiger partial charge in [0.15, 0.2) is 5.17 Å². The van der Waals surface area contributed by atoms with Gasteiger partial charge in [-0.2, -0.15) is 0 Å². The summed E-state index contributed by atoms with van der Waals surface area (Å²) >= 11 is 1.84. The van der Waals surface area contributed by atoms with E-state index in [0.717, 1.165) is 43.4 Å². The minimum Gasteiger partial charge on any atom is -0.385 e. The molecule has 18 heavy (non-hydrogen) atoms. The highest BCUT2D eigenvalue weighted by Gasteiger charge is 2.30. The second-order valence-corrected chi connectivity index (χ2v) is 6.63. The third-order valence-electron chi connectivity index (χ3n) is 3.39. The molecule has 104 valence electrons. The number of amidine groups is 1. The van der Waals surface area contributed by atoms with Crippen molar-refractivity contribution >= 4 is 16.9 Å². The third kappa shape index (κ3) is 4.14. The number of hydrogen-bond acceptors (Lipinski definition) is 5. The summed E-state index contributed by atoms with van der Waals surface area (Å²) in [5.74, 6) is 1.08. The van der Waals surface area contributed by atoms with Gasteiger partial charge in [0.25, 0.3) is 0 Å². The van der Waals surface area contributed by atoms with Crippen molar-refractivity contribution in [3.05, 3.63) is 0 Å². The van der Waals surface area contributed by atoms with Gasteiger partial charge in [0.1, 0.15) is 0 Å². The molecule has 2 unspecified atom stereocenters. The molecule has 1 saturated heterocycles. The number of thioether (sulfide) groups is 1. The van der Waals surface area contributed by atoms with Gasteiger partial charge in [-0.1, -0.05) is 11.8 Å². The molecule has 2 rings (SSSR count). The molecule has 0 aromatic rings. The number of methoxy groups -OCH3 is 1. The van der Waals surface area contributed by atoms with E-state index in [4.69, 9.17) is 14.5 Å². The van der Waals surface area contributed by atoms with Crippen LogP contribution in [0.4, 0.5) is 0 Å². The topological polar surface area (TPSA) is 42.8 Å². The second kappa shape index (κ2) is 6.26. The molecule has 5 heteroatoms. The monoisotopic (exact) mass is 272 g/mol. The van der Waals surface area contributed by atoms with Crippen molar-refractivity contribution in [3.63, 3.8) is 0 Å². The first-order valence-corrected chi connectivity index (χ1v) is 7.68. The van der Waals surface area contributed by atoms with Crippen molar-refractivity contribution in [2.45, 2.75) is 50.8 Å². The Morgan fingerprint density at radius 1 is 1.56 bits per heavy atom. The zero-order chi connectivity index (χ0) is 13.0. The summed E-state index contributed by atoms with van der Waals surface area (Å²) < 4.78 is 10.8. The fourth-order valence-corrected chi connectivity index (χ4v) is 3.49. The predicted octanol–water partition coefficient (Wildman–Crippen LogP) is 2.04. The van der Waals surface area contributed by atoms with E-state index in [1.165, 1.54) is 0 Å². The Labute approximate surface area is 114 Å². The molecule has 0 aromatic carbocycles. The lowest BCUT2D eigenvalue weighted by atomic mass is 9.94. The lowest BCUT2D eigenvalue weighted by Crippen LogP contribution is -2.44. The van der Waals surface area contributed by atoms with Crippen LogP contribution >= 0.6 is 11.8 Å². The highest BCUT2D eigenvalue weighted by molar-refractivity contribution is 8.14. The lowest BCUT2D eigenvalue weighted by molar-refractivity contribution is -0.0603. The van der Waals surface area contributed by atoms with E-state index in [0.29, 0.717) is 12.1 Å². The van der Waals surface area contributed by atoms with Crippen molar-refractivity contribution in [2.24, 2.45) is 4.99 Å². The number of rotatable bonds is 4. The average molecular weight is 272 g/mol. The molecule has 0 aliphatic carbocycles. The van der Waals surface area contributed by atoms with Crippen molar-refractivity contribution in [2.75, 3.05) is 26.1 Å². The SMILES string of the molecule is COCCC1CSC(NC2CCOC(C)(C)C2)=N1. The Bertz CT molecular complexity index is 307. The summed E-state index contributed by atoms with van der Waals surface area (Å²) in [7, 11) is 1.75. The van der Waals surface area contributed by atoms with Crippen LogP contribution in [-0.4, -0.2) is 48.9 Å². The number of aliphatic imine (C=N–C) groups is 1. The van der Waals surface area contributed by atoms with Gasteiger partial charge >= 0.3 is 0 Å². The number of hydrogen-bond donors (Lipinski definition) is 1. The van der Waals surface area contributed by atoms with E-state index >= 15 is 0 Å². The predicted molar refractivity (Wildman–Crippen MR) is 76.4 cm³/mol. The summed E-state index contributed by atoms with van der Waals surface area (Å²) in [6.45, 7) is 5.96. The fraction of sp³-hybridized carbons (Fsp3) is 0.923. The minimum atomic E-state index is -0.00476. The van der Waals surface area contributed by atoms with Crippen LogP contribution in [0.5, 0.6) is 0 Å². The van der Waals surface area contributed by atoms with Crippen LogP contribution in [0.2, 0.25) is 0 Å². The number of ether oxygens (including phenoxy) is 2. The first-order valence-electron chi connectivity index (χ1n) is 6.69. The van der Waals surface area contributed by atoms with Gasteiger partial charge < -0.3 is 14.8 Å². The second-order valence-electron chi connectivity index (χ2n) is 5.62. The lowest BCUT2D eigenvalue weighted by Gasteiger charge is -2.36. The van der Waals surface area contributed by atoms with Gasteiger partial charge in [0.05, 0.1) is 11.6 Å². The highest BCUT2D eigenvalue weighted by Crippen LogP contribution is 2.26. The van der Waals surface area contributed by atoms with Crippen molar-refractivity contribution < 1.29 is 9.47 Å². The summed E-state index contributed by atoms with van der Waals surface area (Å²) in [6.07, 6.45) is 3.15. The molecular weight excluding hydrogens is 248 g/mol. The van der Waals surface area contributed by atoms with Gasteiger partial charge in [0.2, 0.25) is 0 Å². The zero-order valence-corrected chi connectivity index (χ0v) is 12.4. The van der Waals surface area contributed by atoms with Crippen LogP contribution in [-0.2, 0) is 9.47 Å². The zero-order valence-electron chi connectivity index (χ0n) is 11.6. The maximum absolute atomic E-state index is 5.73. The quantitative estimate of drug-likeness (QED) is 0.850. The fourth-order valence-electron chi connectivity index (χ4n) is 2.43. The van der Waals surface area contributed by atoms with Crippen molar-refractivity contribution in [1.29, 1.82) is 0 Å². The van der Waals surface area contributed by atoms with Crippen molar-refractivity contribution in [1.82, 2.24) is 5.32 Å². The van der Waals surface area contributed by atoms with Gasteiger partial charge in [-0.15, -0.1) is 0 Å². The van der Waals surface area contributed by atoms with Crippen LogP contribution in [0.3, 0.4) is 0 Å². The molecule has 1 N–H and O–H groups in total. The van der Waals surface area contributed by atoms with Crippen LogP contribution in [0.15, 0.2) is 4.99 Å². The summed E-state index contributed by atoms with van der Waals surface area (Å²) in [5, 5.41) is 4.68. The molecule has 2 aliphatic heterocycles. The number of nitrogens with zero attached hydrogens (tertiary/aromatic N) is 1. The van der Waals surface area contributed by atoms with E-state index in [-0.39, 0.29) is 5.60 Å². The molecule has 0 amide bonds. The molecule has 0 spiro atoms. The highest BCUT2D eigenvalue weighted by atomic mass is 32.2. The Hall–Kier alpha value is -0.260. The Morgan fingerprint density at radius 2 is 2.39 bits per heavy atom. The first kappa shape index (κ1) is 14.2. The van der Waals surface area contributed by atoms with Crippen LogP contribution in [0.1, 0.15) is 33.1 Å². The van der Waals surface area contributed by atoms with Crippen LogP contribution in [0, 0.1) is 0 Å². The van der Waals surface area contributed by atoms with Gasteiger partial charge in [-0.05, 0) is 33.1 Å². The van der Waals surface area contributed by atoms with E-state index < -0.39 is 0 Å². The van der Waals surface area contributed by atoms with Gasteiger partial charge in [0, 0.05) is 32.1 Å². The van der Waals surface area contributed by atoms with Crippen molar-refractivity contribution in [3.8, 4) is 0 Å². The van der Waals surface area contributed by atoms with E-state index in [2.05, 4.69) is 19.2 Å². The van der Waals surface area contributed by atoms with Crippen LogP contribution in [0.25, 0.3) is 0 Å². The number of nitrogens with one attached hydrogen (secondary N) is 1. The first-order chi connectivity index (χ1) is 8.59. The molecule has 0 saturated carbocycles. The standard InChI is InChI=1S/C13H24N2O2S/c1-13(2)8-10(5-7-17-13)14-12-15-11(9-18-12)4-6-16-3/h10-11H,4-9H2,1-3H3,(H,14,15). The summed E-state index contributed by atoms with van der Waals surface area (Å²) in [4.78, 5) is 4.72. The summed E-state index contributed by atoms with van der Waals surface area (Å²) in [5.41, 5.74) is -0.00476. The molecule has 2 heterocycles. The van der Waals surface area contributed by atoms with Crippen LogP contribution < -0.4 is 5.32 Å². The average Bonchev–Trinajstić information content (AvgIpc) is 2.73. The summed E-state index contributed by atoms with van der Waals surface area (Å²) in [6, 6.07) is 0.923. The van der Waals surface area contributed by atoms with Gasteiger partial charge in [-0.3, -0.25) is 4.99 Å². The Kier molecular flexibility index (Phi) is 4.92. The molecule has 2 aliphatic rings. The van der Waals surface area contributed by atoms with E-state index in [9.17, 15) is 0 Å². The smallest absolute Gasteiger partial charge is 0.157 e. The molecule has 0 aromatic heterocycles. The maximum Gasteiger partial charge on any atom is 0.157 e. The molecule has 4 nitrogen and oxygen atoms in total. The maximum atomic E-state index is 5.73.